The first-order valence-corrected chi connectivity index (χ1v) is 10.8. The molecular weight excluding hydrogens is 388 g/mol. The Labute approximate surface area is 162 Å². The van der Waals surface area contributed by atoms with Crippen molar-refractivity contribution in [3.8, 4) is 22.8 Å². The van der Waals surface area contributed by atoms with E-state index in [1.54, 1.807) is 18.3 Å². The van der Waals surface area contributed by atoms with Crippen molar-refractivity contribution in [1.82, 2.24) is 19.3 Å². The molecule has 27 heavy (non-hydrogen) atoms. The van der Waals surface area contributed by atoms with Gasteiger partial charge in [0.1, 0.15) is 11.6 Å². The molecule has 1 fully saturated rings. The summed E-state index contributed by atoms with van der Waals surface area (Å²) in [5, 5.41) is 14.8. The molecule has 0 aliphatic carbocycles. The lowest BCUT2D eigenvalue weighted by atomic mass is 10.2. The summed E-state index contributed by atoms with van der Waals surface area (Å²) in [5.41, 5.74) is 3.08. The molecule has 1 unspecified atom stereocenters. The Bertz CT molecular complexity index is 1130. The van der Waals surface area contributed by atoms with E-state index in [-0.39, 0.29) is 28.3 Å². The standard InChI is InChI=1S/C18H19ClN4O3S/c1-11-17(12(2)23(21-11)13-6-9-27(25,26)10-13)22-8-7-20-18(22)14-4-3-5-15(24)16(14)19/h3-5,7-8,13,24H,6,9-10H2,1-2H3. The van der Waals surface area contributed by atoms with Gasteiger partial charge in [0.05, 0.1) is 39.6 Å². The molecule has 0 amide bonds. The highest BCUT2D eigenvalue weighted by atomic mass is 35.5. The predicted molar refractivity (Wildman–Crippen MR) is 103 cm³/mol. The van der Waals surface area contributed by atoms with Crippen LogP contribution in [0, 0.1) is 13.8 Å². The SMILES string of the molecule is Cc1nn(C2CCS(=O)(=O)C2)c(C)c1-n1ccnc1-c1cccc(O)c1Cl. The van der Waals surface area contributed by atoms with E-state index in [2.05, 4.69) is 10.1 Å². The summed E-state index contributed by atoms with van der Waals surface area (Å²) < 4.78 is 27.4. The largest absolute Gasteiger partial charge is 0.506 e. The lowest BCUT2D eigenvalue weighted by molar-refractivity contribution is 0.476. The van der Waals surface area contributed by atoms with Gasteiger partial charge in [-0.15, -0.1) is 0 Å². The van der Waals surface area contributed by atoms with Crippen molar-refractivity contribution in [2.75, 3.05) is 11.5 Å². The Hall–Kier alpha value is -2.32. The minimum atomic E-state index is -3.00. The van der Waals surface area contributed by atoms with Gasteiger partial charge in [0.2, 0.25) is 0 Å². The zero-order valence-corrected chi connectivity index (χ0v) is 16.5. The van der Waals surface area contributed by atoms with E-state index >= 15 is 0 Å². The fourth-order valence-electron chi connectivity index (χ4n) is 3.70. The monoisotopic (exact) mass is 406 g/mol. The normalized spacial score (nSPS) is 18.9. The molecule has 1 aromatic carbocycles. The highest BCUT2D eigenvalue weighted by Gasteiger charge is 2.32. The fourth-order valence-corrected chi connectivity index (χ4v) is 5.60. The van der Waals surface area contributed by atoms with Gasteiger partial charge in [-0.2, -0.15) is 5.10 Å². The van der Waals surface area contributed by atoms with Crippen LogP contribution in [0.3, 0.4) is 0 Å². The van der Waals surface area contributed by atoms with Crippen molar-refractivity contribution in [3.63, 3.8) is 0 Å². The number of aromatic hydroxyl groups is 1. The Morgan fingerprint density at radius 3 is 2.78 bits per heavy atom. The number of nitrogens with zero attached hydrogens (tertiary/aromatic N) is 4. The van der Waals surface area contributed by atoms with Crippen molar-refractivity contribution in [2.45, 2.75) is 26.3 Å². The molecule has 1 aliphatic rings. The van der Waals surface area contributed by atoms with E-state index in [4.69, 9.17) is 11.6 Å². The van der Waals surface area contributed by atoms with Crippen LogP contribution >= 0.6 is 11.6 Å². The van der Waals surface area contributed by atoms with E-state index in [0.29, 0.717) is 17.8 Å². The van der Waals surface area contributed by atoms with Gasteiger partial charge < -0.3 is 5.11 Å². The van der Waals surface area contributed by atoms with Crippen molar-refractivity contribution in [3.05, 3.63) is 47.0 Å². The summed E-state index contributed by atoms with van der Waals surface area (Å²) in [6.07, 6.45) is 4.04. The number of hydrogen-bond acceptors (Lipinski definition) is 5. The summed E-state index contributed by atoms with van der Waals surface area (Å²) in [6.45, 7) is 3.81. The van der Waals surface area contributed by atoms with E-state index in [0.717, 1.165) is 17.1 Å². The first-order valence-electron chi connectivity index (χ1n) is 8.56. The van der Waals surface area contributed by atoms with Crippen molar-refractivity contribution in [2.24, 2.45) is 0 Å². The molecule has 7 nitrogen and oxygen atoms in total. The van der Waals surface area contributed by atoms with Crippen LogP contribution in [0.2, 0.25) is 5.02 Å². The van der Waals surface area contributed by atoms with Crippen LogP contribution in [0.1, 0.15) is 23.9 Å². The molecule has 2 aromatic heterocycles. The maximum absolute atomic E-state index is 11.9. The molecule has 1 N–H and O–H groups in total. The van der Waals surface area contributed by atoms with E-state index in [1.165, 1.54) is 6.07 Å². The first-order chi connectivity index (χ1) is 12.8. The molecule has 0 saturated carbocycles. The number of halogens is 1. The maximum Gasteiger partial charge on any atom is 0.152 e. The number of aryl methyl sites for hydroxylation is 1. The molecule has 0 spiro atoms. The first kappa shape index (κ1) is 18.1. The third-order valence-electron chi connectivity index (χ3n) is 4.94. The van der Waals surface area contributed by atoms with E-state index in [1.807, 2.05) is 29.3 Å². The molecule has 0 radical (unpaired) electrons. The highest BCUT2D eigenvalue weighted by Crippen LogP contribution is 2.36. The Balaban J connectivity index is 1.83. The molecule has 3 aromatic rings. The lowest BCUT2D eigenvalue weighted by Crippen LogP contribution is -2.14. The quantitative estimate of drug-likeness (QED) is 0.721. The highest BCUT2D eigenvalue weighted by molar-refractivity contribution is 7.91. The fraction of sp³-hybridized carbons (Fsp3) is 0.333. The number of aromatic nitrogens is 4. The van der Waals surface area contributed by atoms with E-state index in [9.17, 15) is 13.5 Å². The smallest absolute Gasteiger partial charge is 0.152 e. The van der Waals surface area contributed by atoms with Crippen LogP contribution in [0.4, 0.5) is 0 Å². The lowest BCUT2D eigenvalue weighted by Gasteiger charge is -2.13. The number of imidazole rings is 1. The van der Waals surface area contributed by atoms with Gasteiger partial charge >= 0.3 is 0 Å². The zero-order chi connectivity index (χ0) is 19.3. The third kappa shape index (κ3) is 3.02. The van der Waals surface area contributed by atoms with Crippen molar-refractivity contribution < 1.29 is 13.5 Å². The summed E-state index contributed by atoms with van der Waals surface area (Å²) in [7, 11) is -3.00. The molecular formula is C18H19ClN4O3S. The van der Waals surface area contributed by atoms with Gasteiger partial charge in [-0.05, 0) is 32.4 Å². The average Bonchev–Trinajstić information content (AvgIpc) is 3.28. The number of phenols is 1. The van der Waals surface area contributed by atoms with Crippen LogP contribution < -0.4 is 0 Å². The van der Waals surface area contributed by atoms with Crippen LogP contribution in [-0.4, -0.2) is 44.4 Å². The molecule has 0 bridgehead atoms. The molecule has 1 saturated heterocycles. The predicted octanol–water partition coefficient (Wildman–Crippen LogP) is 3.07. The van der Waals surface area contributed by atoms with E-state index < -0.39 is 9.84 Å². The Morgan fingerprint density at radius 1 is 1.30 bits per heavy atom. The number of rotatable bonds is 3. The second-order valence-electron chi connectivity index (χ2n) is 6.78. The van der Waals surface area contributed by atoms with Gasteiger partial charge in [-0.3, -0.25) is 9.25 Å². The molecule has 3 heterocycles. The summed E-state index contributed by atoms with van der Waals surface area (Å²) in [5.74, 6) is 0.883. The average molecular weight is 407 g/mol. The summed E-state index contributed by atoms with van der Waals surface area (Å²) in [6, 6.07) is 4.87. The third-order valence-corrected chi connectivity index (χ3v) is 7.09. The zero-order valence-electron chi connectivity index (χ0n) is 14.9. The number of benzene rings is 1. The van der Waals surface area contributed by atoms with Gasteiger partial charge in [-0.25, -0.2) is 13.4 Å². The molecule has 142 valence electrons. The number of hydrogen-bond donors (Lipinski definition) is 1. The molecule has 1 atom stereocenters. The van der Waals surface area contributed by atoms with Gasteiger partial charge in [-0.1, -0.05) is 17.7 Å². The van der Waals surface area contributed by atoms with Gasteiger partial charge in [0.25, 0.3) is 0 Å². The van der Waals surface area contributed by atoms with Crippen molar-refractivity contribution >= 4 is 21.4 Å². The van der Waals surface area contributed by atoms with Crippen molar-refractivity contribution in [1.29, 1.82) is 0 Å². The topological polar surface area (TPSA) is 90.0 Å². The summed E-state index contributed by atoms with van der Waals surface area (Å²) in [4.78, 5) is 4.41. The minimum absolute atomic E-state index is 0.0102. The summed E-state index contributed by atoms with van der Waals surface area (Å²) >= 11 is 6.27. The molecule has 1 aliphatic heterocycles. The Kier molecular flexibility index (Phi) is 4.27. The maximum atomic E-state index is 11.9. The van der Waals surface area contributed by atoms with Crippen LogP contribution in [-0.2, 0) is 9.84 Å². The number of sulfone groups is 1. The van der Waals surface area contributed by atoms with Gasteiger partial charge in [0.15, 0.2) is 9.84 Å². The van der Waals surface area contributed by atoms with Crippen LogP contribution in [0.15, 0.2) is 30.6 Å². The second-order valence-corrected chi connectivity index (χ2v) is 9.39. The Morgan fingerprint density at radius 2 is 2.07 bits per heavy atom. The minimum Gasteiger partial charge on any atom is -0.506 e. The molecule has 9 heteroatoms. The molecule has 4 rings (SSSR count). The number of phenolic OH excluding ortho intramolecular Hbond substituents is 1. The van der Waals surface area contributed by atoms with Crippen LogP contribution in [0.5, 0.6) is 5.75 Å². The second kappa shape index (κ2) is 6.38. The van der Waals surface area contributed by atoms with Crippen LogP contribution in [0.25, 0.3) is 17.1 Å². The van der Waals surface area contributed by atoms with Gasteiger partial charge in [0, 0.05) is 18.0 Å².